The predicted octanol–water partition coefficient (Wildman–Crippen LogP) is 4.22. The number of carbonyl (C=O) groups excluding carboxylic acids is 2. The number of aromatic nitrogens is 2. The molecule has 29 heavy (non-hydrogen) atoms. The maximum atomic E-state index is 13.3. The zero-order valence-electron chi connectivity index (χ0n) is 15.8. The van der Waals surface area contributed by atoms with Gasteiger partial charge in [-0.15, -0.1) is 10.2 Å². The Balaban J connectivity index is 1.50. The Bertz CT molecular complexity index is 1070. The zero-order chi connectivity index (χ0) is 20.4. The van der Waals surface area contributed by atoms with Crippen molar-refractivity contribution >= 4 is 28.8 Å². The standard InChI is InChI=1S/C21H19FN4O2S/c1-13-5-2-6-14(11-13)21(28)26-10-4-9-17(26)19-24-25-20(29-19)18(27)23-16-8-3-7-15(22)12-16/h2-3,5-8,11-12,17H,4,9-10H2,1H3,(H,23,27). The van der Waals surface area contributed by atoms with Gasteiger partial charge in [-0.1, -0.05) is 35.1 Å². The summed E-state index contributed by atoms with van der Waals surface area (Å²) in [7, 11) is 0. The van der Waals surface area contributed by atoms with E-state index in [1.807, 2.05) is 31.2 Å². The number of carbonyl (C=O) groups is 2. The van der Waals surface area contributed by atoms with E-state index in [1.165, 1.54) is 18.2 Å². The normalized spacial score (nSPS) is 16.1. The number of anilines is 1. The summed E-state index contributed by atoms with van der Waals surface area (Å²) < 4.78 is 13.3. The van der Waals surface area contributed by atoms with Crippen LogP contribution in [0, 0.1) is 12.7 Å². The van der Waals surface area contributed by atoms with E-state index in [0.29, 0.717) is 22.8 Å². The van der Waals surface area contributed by atoms with Gasteiger partial charge in [-0.3, -0.25) is 9.59 Å². The quantitative estimate of drug-likeness (QED) is 0.699. The molecule has 0 radical (unpaired) electrons. The van der Waals surface area contributed by atoms with Gasteiger partial charge in [0.25, 0.3) is 11.8 Å². The highest BCUT2D eigenvalue weighted by atomic mass is 32.1. The highest BCUT2D eigenvalue weighted by Gasteiger charge is 2.33. The molecular formula is C21H19FN4O2S. The van der Waals surface area contributed by atoms with Crippen molar-refractivity contribution in [3.8, 4) is 0 Å². The van der Waals surface area contributed by atoms with Crippen LogP contribution in [-0.2, 0) is 0 Å². The molecule has 1 aromatic heterocycles. The Morgan fingerprint density at radius 1 is 1.17 bits per heavy atom. The first-order valence-electron chi connectivity index (χ1n) is 9.29. The average molecular weight is 410 g/mol. The molecule has 4 rings (SSSR count). The van der Waals surface area contributed by atoms with Crippen LogP contribution in [0.1, 0.15) is 49.6 Å². The Kier molecular flexibility index (Phi) is 5.35. The third kappa shape index (κ3) is 4.17. The summed E-state index contributed by atoms with van der Waals surface area (Å²) in [5.74, 6) is -0.928. The molecule has 148 valence electrons. The number of nitrogens with zero attached hydrogens (tertiary/aromatic N) is 3. The number of rotatable bonds is 4. The number of aryl methyl sites for hydroxylation is 1. The molecule has 2 aromatic carbocycles. The molecule has 8 heteroatoms. The molecule has 1 saturated heterocycles. The molecule has 0 saturated carbocycles. The number of nitrogens with one attached hydrogen (secondary N) is 1. The van der Waals surface area contributed by atoms with Crippen molar-refractivity contribution < 1.29 is 14.0 Å². The smallest absolute Gasteiger partial charge is 0.286 e. The van der Waals surface area contributed by atoms with Crippen molar-refractivity contribution in [1.82, 2.24) is 15.1 Å². The van der Waals surface area contributed by atoms with Gasteiger partial charge in [0.15, 0.2) is 0 Å². The molecule has 1 N–H and O–H groups in total. The fraction of sp³-hybridized carbons (Fsp3) is 0.238. The van der Waals surface area contributed by atoms with Crippen LogP contribution in [0.3, 0.4) is 0 Å². The summed E-state index contributed by atoms with van der Waals surface area (Å²) in [5.41, 5.74) is 2.02. The van der Waals surface area contributed by atoms with Gasteiger partial charge in [0.1, 0.15) is 10.8 Å². The van der Waals surface area contributed by atoms with Gasteiger partial charge in [-0.25, -0.2) is 4.39 Å². The minimum absolute atomic E-state index is 0.0443. The van der Waals surface area contributed by atoms with Crippen LogP contribution >= 0.6 is 11.3 Å². The minimum Gasteiger partial charge on any atom is -0.329 e. The maximum absolute atomic E-state index is 13.3. The lowest BCUT2D eigenvalue weighted by Gasteiger charge is -2.23. The van der Waals surface area contributed by atoms with E-state index in [1.54, 1.807) is 11.0 Å². The molecule has 0 spiro atoms. The average Bonchev–Trinajstić information content (AvgIpc) is 3.37. The van der Waals surface area contributed by atoms with Crippen molar-refractivity contribution in [2.45, 2.75) is 25.8 Å². The molecule has 0 aliphatic carbocycles. The lowest BCUT2D eigenvalue weighted by Crippen LogP contribution is -2.30. The second-order valence-electron chi connectivity index (χ2n) is 6.94. The number of likely N-dealkylation sites (tertiary alicyclic amines) is 1. The molecule has 3 aromatic rings. The fourth-order valence-corrected chi connectivity index (χ4v) is 4.31. The summed E-state index contributed by atoms with van der Waals surface area (Å²) >= 11 is 1.16. The first-order chi connectivity index (χ1) is 14.0. The van der Waals surface area contributed by atoms with Crippen molar-refractivity contribution in [3.05, 3.63) is 75.5 Å². The van der Waals surface area contributed by atoms with E-state index in [0.717, 1.165) is 29.7 Å². The summed E-state index contributed by atoms with van der Waals surface area (Å²) in [6, 6.07) is 13.0. The first kappa shape index (κ1) is 19.2. The number of hydrogen-bond acceptors (Lipinski definition) is 5. The third-order valence-electron chi connectivity index (χ3n) is 4.78. The second-order valence-corrected chi connectivity index (χ2v) is 7.95. The molecule has 1 fully saturated rings. The van der Waals surface area contributed by atoms with E-state index in [-0.39, 0.29) is 17.0 Å². The van der Waals surface area contributed by atoms with Gasteiger partial charge in [0, 0.05) is 17.8 Å². The van der Waals surface area contributed by atoms with Gasteiger partial charge in [-0.05, 0) is 50.1 Å². The molecule has 1 aliphatic rings. The number of halogens is 1. The topological polar surface area (TPSA) is 75.2 Å². The van der Waals surface area contributed by atoms with Gasteiger partial charge < -0.3 is 10.2 Å². The molecule has 2 amide bonds. The largest absolute Gasteiger partial charge is 0.329 e. The summed E-state index contributed by atoms with van der Waals surface area (Å²) in [6.07, 6.45) is 1.64. The van der Waals surface area contributed by atoms with Crippen molar-refractivity contribution in [2.24, 2.45) is 0 Å². The number of amides is 2. The zero-order valence-corrected chi connectivity index (χ0v) is 16.6. The van der Waals surface area contributed by atoms with Crippen LogP contribution in [-0.4, -0.2) is 33.5 Å². The van der Waals surface area contributed by atoms with E-state index in [4.69, 9.17) is 0 Å². The number of benzene rings is 2. The summed E-state index contributed by atoms with van der Waals surface area (Å²) in [5, 5.41) is 11.6. The van der Waals surface area contributed by atoms with Gasteiger partial charge in [0.2, 0.25) is 5.01 Å². The van der Waals surface area contributed by atoms with E-state index in [9.17, 15) is 14.0 Å². The highest BCUT2D eigenvalue weighted by Crippen LogP contribution is 2.35. The van der Waals surface area contributed by atoms with Crippen molar-refractivity contribution in [3.63, 3.8) is 0 Å². The van der Waals surface area contributed by atoms with Gasteiger partial charge in [-0.2, -0.15) is 0 Å². The fourth-order valence-electron chi connectivity index (χ4n) is 3.42. The Morgan fingerprint density at radius 2 is 2.00 bits per heavy atom. The van der Waals surface area contributed by atoms with Crippen molar-refractivity contribution in [1.29, 1.82) is 0 Å². The monoisotopic (exact) mass is 410 g/mol. The summed E-state index contributed by atoms with van der Waals surface area (Å²) in [4.78, 5) is 27.2. The number of hydrogen-bond donors (Lipinski definition) is 1. The van der Waals surface area contributed by atoms with Crippen molar-refractivity contribution in [2.75, 3.05) is 11.9 Å². The van der Waals surface area contributed by atoms with Crippen LogP contribution in [0.25, 0.3) is 0 Å². The predicted molar refractivity (Wildman–Crippen MR) is 108 cm³/mol. The van der Waals surface area contributed by atoms with Gasteiger partial charge >= 0.3 is 0 Å². The molecule has 6 nitrogen and oxygen atoms in total. The second kappa shape index (κ2) is 8.08. The molecule has 2 heterocycles. The lowest BCUT2D eigenvalue weighted by atomic mass is 10.1. The van der Waals surface area contributed by atoms with Crippen LogP contribution in [0.2, 0.25) is 0 Å². The molecule has 1 atom stereocenters. The SMILES string of the molecule is Cc1cccc(C(=O)N2CCCC2c2nnc(C(=O)Nc3cccc(F)c3)s2)c1. The molecule has 0 bridgehead atoms. The third-order valence-corrected chi connectivity index (χ3v) is 5.80. The summed E-state index contributed by atoms with van der Waals surface area (Å²) in [6.45, 7) is 2.59. The van der Waals surface area contributed by atoms with E-state index in [2.05, 4.69) is 15.5 Å². The Hall–Kier alpha value is -3.13. The molecule has 1 aliphatic heterocycles. The van der Waals surface area contributed by atoms with Crippen LogP contribution in [0.5, 0.6) is 0 Å². The van der Waals surface area contributed by atoms with E-state index >= 15 is 0 Å². The minimum atomic E-state index is -0.450. The lowest BCUT2D eigenvalue weighted by molar-refractivity contribution is 0.0734. The highest BCUT2D eigenvalue weighted by molar-refractivity contribution is 7.13. The molecular weight excluding hydrogens is 391 g/mol. The van der Waals surface area contributed by atoms with Crippen LogP contribution < -0.4 is 5.32 Å². The van der Waals surface area contributed by atoms with E-state index < -0.39 is 11.7 Å². The Morgan fingerprint density at radius 3 is 2.79 bits per heavy atom. The first-order valence-corrected chi connectivity index (χ1v) is 10.1. The van der Waals surface area contributed by atoms with Gasteiger partial charge in [0.05, 0.1) is 6.04 Å². The Labute approximate surface area is 171 Å². The van der Waals surface area contributed by atoms with Crippen LogP contribution in [0.4, 0.5) is 10.1 Å². The maximum Gasteiger partial charge on any atom is 0.286 e. The molecule has 1 unspecified atom stereocenters. The van der Waals surface area contributed by atoms with Crippen LogP contribution in [0.15, 0.2) is 48.5 Å².